The van der Waals surface area contributed by atoms with Gasteiger partial charge in [-0.2, -0.15) is 0 Å². The maximum absolute atomic E-state index is 6.08. The molecule has 0 amide bonds. The van der Waals surface area contributed by atoms with Gasteiger partial charge in [-0.1, -0.05) is 0 Å². The Hall–Kier alpha value is 0.0800. The number of fused-ring (bicyclic) bond motifs is 1. The third-order valence-corrected chi connectivity index (χ3v) is 7.50. The van der Waals surface area contributed by atoms with E-state index in [4.69, 9.17) is 4.43 Å². The zero-order valence-corrected chi connectivity index (χ0v) is 20.3. The van der Waals surface area contributed by atoms with Crippen LogP contribution in [0.25, 0.3) is 5.57 Å². The number of hydrogen-bond acceptors (Lipinski definition) is 1. The van der Waals surface area contributed by atoms with Crippen LogP contribution in [-0.4, -0.2) is 14.9 Å². The van der Waals surface area contributed by atoms with Crippen molar-refractivity contribution < 1.29 is 54.0 Å². The first-order chi connectivity index (χ1) is 10.9. The predicted octanol–water partition coefficient (Wildman–Crippen LogP) is -0.432. The molecule has 1 aromatic carbocycles. The van der Waals surface area contributed by atoms with Gasteiger partial charge in [-0.25, -0.2) is 0 Å². The summed E-state index contributed by atoms with van der Waals surface area (Å²) in [5, 5.41) is 0. The first kappa shape index (κ1) is 23.1. The van der Waals surface area contributed by atoms with E-state index >= 15 is 0 Å². The summed E-state index contributed by atoms with van der Waals surface area (Å²) in [6, 6.07) is 8.97. The number of allylic oxidation sites excluding steroid dienone is 5. The quantitative estimate of drug-likeness (QED) is 0.530. The second-order valence-corrected chi connectivity index (χ2v) is 13.3. The van der Waals surface area contributed by atoms with Gasteiger partial charge in [-0.05, 0) is 0 Å². The number of halogens is 2. The molecule has 0 aromatic heterocycles. The van der Waals surface area contributed by atoms with Gasteiger partial charge in [0.25, 0.3) is 0 Å². The fourth-order valence-electron chi connectivity index (χ4n) is 3.48. The molecule has 5 heteroatoms. The summed E-state index contributed by atoms with van der Waals surface area (Å²) < 4.78 is 6.70. The van der Waals surface area contributed by atoms with E-state index in [0.29, 0.717) is 3.63 Å². The summed E-state index contributed by atoms with van der Waals surface area (Å²) >= 11 is 1.59. The molecule has 3 rings (SSSR count). The summed E-state index contributed by atoms with van der Waals surface area (Å²) in [6.07, 6.45) is 6.75. The van der Waals surface area contributed by atoms with E-state index in [1.165, 1.54) is 22.3 Å². The van der Waals surface area contributed by atoms with Gasteiger partial charge in [0.1, 0.15) is 0 Å². The average Bonchev–Trinajstić information content (AvgIpc) is 3.03. The molecule has 0 radical (unpaired) electrons. The van der Waals surface area contributed by atoms with E-state index in [0.717, 1.165) is 19.4 Å². The van der Waals surface area contributed by atoms with Crippen LogP contribution in [-0.2, 0) is 29.1 Å². The third kappa shape index (κ3) is 5.08. The van der Waals surface area contributed by atoms with Gasteiger partial charge in [-0.15, -0.1) is 0 Å². The summed E-state index contributed by atoms with van der Waals surface area (Å²) in [7, 11) is -1.42. The normalized spacial score (nSPS) is 19.0. The van der Waals surface area contributed by atoms with Crippen LogP contribution in [0.4, 0.5) is 0 Å². The molecule has 1 aromatic rings. The molecule has 1 atom stereocenters. The predicted molar refractivity (Wildman–Crippen MR) is 96.5 cm³/mol. The van der Waals surface area contributed by atoms with E-state index in [-0.39, 0.29) is 24.8 Å². The van der Waals surface area contributed by atoms with Gasteiger partial charge in [0.15, 0.2) is 0 Å². The van der Waals surface area contributed by atoms with Gasteiger partial charge in [0.05, 0.1) is 0 Å². The Morgan fingerprint density at radius 2 is 1.84 bits per heavy atom. The van der Waals surface area contributed by atoms with Crippen LogP contribution in [0, 0.1) is 0 Å². The fraction of sp³-hybridized carbons (Fsp3) is 0.400. The molecule has 25 heavy (non-hydrogen) atoms. The largest absolute Gasteiger partial charge is 1.00 e. The maximum atomic E-state index is 6.08. The molecule has 133 valence electrons. The molecule has 0 bridgehead atoms. The van der Waals surface area contributed by atoms with Crippen LogP contribution in [0.2, 0.25) is 19.6 Å². The van der Waals surface area contributed by atoms with Crippen LogP contribution >= 0.6 is 0 Å². The molecule has 0 spiro atoms. The minimum absolute atomic E-state index is 0. The van der Waals surface area contributed by atoms with Crippen molar-refractivity contribution in [1.82, 2.24) is 0 Å². The molecule has 0 saturated carbocycles. The van der Waals surface area contributed by atoms with Gasteiger partial charge in [-0.3, -0.25) is 0 Å². The van der Waals surface area contributed by atoms with E-state index in [9.17, 15) is 0 Å². The van der Waals surface area contributed by atoms with Crippen LogP contribution in [0.5, 0.6) is 0 Å². The number of benzene rings is 1. The molecular formula is C20H25Cl2OSiZr. The summed E-state index contributed by atoms with van der Waals surface area (Å²) in [5.41, 5.74) is 9.10. The Bertz CT molecular complexity index is 717. The molecule has 0 saturated heterocycles. The van der Waals surface area contributed by atoms with Crippen molar-refractivity contribution in [3.8, 4) is 0 Å². The van der Waals surface area contributed by atoms with Crippen molar-refractivity contribution in [3.63, 3.8) is 0 Å². The van der Waals surface area contributed by atoms with E-state index in [1.54, 1.807) is 35.9 Å². The van der Waals surface area contributed by atoms with E-state index < -0.39 is 8.32 Å². The monoisotopic (exact) mass is 469 g/mol. The van der Waals surface area contributed by atoms with E-state index in [2.05, 4.69) is 63.0 Å². The maximum Gasteiger partial charge on any atom is -1.00 e. The van der Waals surface area contributed by atoms with Crippen molar-refractivity contribution in [2.75, 3.05) is 6.61 Å². The zero-order chi connectivity index (χ0) is 16.6. The molecule has 0 aliphatic heterocycles. The molecule has 1 unspecified atom stereocenters. The molecule has 1 nitrogen and oxygen atoms in total. The van der Waals surface area contributed by atoms with Crippen molar-refractivity contribution in [2.45, 2.75) is 43.0 Å². The molecule has 0 N–H and O–H groups in total. The minimum Gasteiger partial charge on any atom is -1.00 e. The summed E-state index contributed by atoms with van der Waals surface area (Å²) in [4.78, 5) is 0. The second kappa shape index (κ2) is 9.33. The average molecular weight is 472 g/mol. The second-order valence-electron chi connectivity index (χ2n) is 7.40. The van der Waals surface area contributed by atoms with Crippen molar-refractivity contribution >= 4 is 13.9 Å². The van der Waals surface area contributed by atoms with E-state index in [1.807, 2.05) is 0 Å². The first-order valence-corrected chi connectivity index (χ1v) is 13.3. The molecule has 2 aliphatic carbocycles. The first-order valence-electron chi connectivity index (χ1n) is 8.42. The minimum atomic E-state index is -1.42. The van der Waals surface area contributed by atoms with Gasteiger partial charge in [0.2, 0.25) is 0 Å². The third-order valence-electron chi connectivity index (χ3n) is 4.61. The van der Waals surface area contributed by atoms with Crippen molar-refractivity contribution in [2.24, 2.45) is 0 Å². The standard InChI is InChI=1S/C20H25OSi.2ClH.Zr/c1-15-14-17-8-5-6-10-19(17)20(15)18-11-7-9-16(18)12-13-21-22(2,3)4;;;/h5-10,14H,11-13H2,1-4H3;2*1H;/q;;;+2/p-2. The van der Waals surface area contributed by atoms with Crippen LogP contribution in [0.1, 0.15) is 34.5 Å². The van der Waals surface area contributed by atoms with Gasteiger partial charge in [0, 0.05) is 0 Å². The summed E-state index contributed by atoms with van der Waals surface area (Å²) in [5.74, 6) is 0. The molecule has 2 aliphatic rings. The Morgan fingerprint density at radius 1 is 1.16 bits per heavy atom. The molecule has 0 heterocycles. The summed E-state index contributed by atoms with van der Waals surface area (Å²) in [6.45, 7) is 9.97. The fourth-order valence-corrected chi connectivity index (χ4v) is 5.17. The smallest absolute Gasteiger partial charge is 1.00 e. The molecular weight excluding hydrogens is 446 g/mol. The number of rotatable bonds is 5. The SMILES string of the molecule is CC1=C(C2=C(CCO[Si](C)(C)C)C=CC2)c2ccccc2[CH]1[Zr+2].[Cl-].[Cl-]. The van der Waals surface area contributed by atoms with Gasteiger partial charge < -0.3 is 24.8 Å². The Morgan fingerprint density at radius 3 is 2.52 bits per heavy atom. The van der Waals surface area contributed by atoms with Crippen molar-refractivity contribution in [1.29, 1.82) is 0 Å². The zero-order valence-electron chi connectivity index (χ0n) is 15.3. The van der Waals surface area contributed by atoms with Crippen LogP contribution in [0.15, 0.2) is 53.1 Å². The van der Waals surface area contributed by atoms with Crippen molar-refractivity contribution in [3.05, 3.63) is 64.3 Å². The Kier molecular flexibility index (Phi) is 8.63. The Labute approximate surface area is 180 Å². The topological polar surface area (TPSA) is 9.23 Å². The van der Waals surface area contributed by atoms with Crippen LogP contribution in [0.3, 0.4) is 0 Å². The van der Waals surface area contributed by atoms with Gasteiger partial charge >= 0.3 is 157 Å². The van der Waals surface area contributed by atoms with Crippen LogP contribution < -0.4 is 24.8 Å². The Balaban J connectivity index is 0.00000156. The molecule has 0 fully saturated rings. The number of hydrogen-bond donors (Lipinski definition) is 0.